The first-order chi connectivity index (χ1) is 8.58. The maximum atomic E-state index is 11.9. The fourth-order valence-corrected chi connectivity index (χ4v) is 2.22. The molecule has 1 amide bonds. The highest BCUT2D eigenvalue weighted by Crippen LogP contribution is 2.48. The molecule has 2 atom stereocenters. The number of carbonyl (C=O) groups is 1. The number of hydrogen-bond acceptors (Lipinski definition) is 2. The molecule has 2 N–H and O–H groups in total. The van der Waals surface area contributed by atoms with Gasteiger partial charge in [0.15, 0.2) is 0 Å². The highest BCUT2D eigenvalue weighted by atomic mass is 16.3. The average molecular weight is 247 g/mol. The van der Waals surface area contributed by atoms with E-state index < -0.39 is 0 Å². The summed E-state index contributed by atoms with van der Waals surface area (Å²) in [7, 11) is 0. The Morgan fingerprint density at radius 1 is 1.50 bits per heavy atom. The van der Waals surface area contributed by atoms with Crippen LogP contribution in [0.2, 0.25) is 0 Å². The Balaban J connectivity index is 1.82. The predicted molar refractivity (Wildman–Crippen MR) is 71.4 cm³/mol. The molecule has 3 heteroatoms. The van der Waals surface area contributed by atoms with Gasteiger partial charge in [-0.3, -0.25) is 4.79 Å². The average Bonchev–Trinajstić information content (AvgIpc) is 3.08. The van der Waals surface area contributed by atoms with Crippen molar-refractivity contribution in [2.24, 2.45) is 11.8 Å². The smallest absolute Gasteiger partial charge is 0.223 e. The van der Waals surface area contributed by atoms with E-state index in [9.17, 15) is 9.90 Å². The van der Waals surface area contributed by atoms with Crippen LogP contribution in [0.15, 0.2) is 24.3 Å². The van der Waals surface area contributed by atoms with Crippen molar-refractivity contribution in [3.8, 4) is 5.75 Å². The van der Waals surface area contributed by atoms with Gasteiger partial charge < -0.3 is 10.4 Å². The molecule has 0 heterocycles. The third kappa shape index (κ3) is 3.25. The molecule has 0 unspecified atom stereocenters. The van der Waals surface area contributed by atoms with Crippen molar-refractivity contribution in [2.45, 2.75) is 32.6 Å². The molecule has 1 fully saturated rings. The number of carbonyl (C=O) groups excluding carboxylic acids is 1. The van der Waals surface area contributed by atoms with Gasteiger partial charge in [-0.1, -0.05) is 26.0 Å². The molecule has 1 aliphatic rings. The van der Waals surface area contributed by atoms with E-state index in [2.05, 4.69) is 19.2 Å². The van der Waals surface area contributed by atoms with E-state index in [0.717, 1.165) is 24.9 Å². The van der Waals surface area contributed by atoms with Crippen LogP contribution < -0.4 is 5.32 Å². The first-order valence-electron chi connectivity index (χ1n) is 6.64. The van der Waals surface area contributed by atoms with Crippen LogP contribution in [0, 0.1) is 11.8 Å². The standard InChI is InChI=1S/C15H21NO2/c1-10(2)6-7-16-15(18)14-9-13(14)11-4-3-5-12(17)8-11/h3-5,8,10,13-14,17H,6-7,9H2,1-2H3,(H,16,18)/t13-,14+/m1/s1. The minimum Gasteiger partial charge on any atom is -0.508 e. The van der Waals surface area contributed by atoms with Crippen molar-refractivity contribution in [2.75, 3.05) is 6.54 Å². The molecule has 0 spiro atoms. The third-order valence-corrected chi connectivity index (χ3v) is 3.45. The number of benzene rings is 1. The molecule has 1 aromatic carbocycles. The number of phenolic OH excluding ortho intramolecular Hbond substituents is 1. The number of hydrogen-bond donors (Lipinski definition) is 2. The van der Waals surface area contributed by atoms with Gasteiger partial charge in [0.2, 0.25) is 5.91 Å². The van der Waals surface area contributed by atoms with E-state index in [-0.39, 0.29) is 23.5 Å². The number of aromatic hydroxyl groups is 1. The molecule has 98 valence electrons. The van der Waals surface area contributed by atoms with E-state index in [1.165, 1.54) is 0 Å². The molecular formula is C15H21NO2. The minimum atomic E-state index is 0.0963. The second-order valence-corrected chi connectivity index (χ2v) is 5.52. The maximum Gasteiger partial charge on any atom is 0.223 e. The zero-order valence-corrected chi connectivity index (χ0v) is 11.0. The van der Waals surface area contributed by atoms with Crippen LogP contribution in [-0.4, -0.2) is 17.6 Å². The van der Waals surface area contributed by atoms with E-state index in [0.29, 0.717) is 5.92 Å². The fraction of sp³-hybridized carbons (Fsp3) is 0.533. The normalized spacial score (nSPS) is 21.9. The quantitative estimate of drug-likeness (QED) is 0.840. The summed E-state index contributed by atoms with van der Waals surface area (Å²) in [6.45, 7) is 5.07. The van der Waals surface area contributed by atoms with E-state index >= 15 is 0 Å². The SMILES string of the molecule is CC(C)CCNC(=O)[C@H]1C[C@@H]1c1cccc(O)c1. The molecule has 3 nitrogen and oxygen atoms in total. The molecule has 0 saturated heterocycles. The monoisotopic (exact) mass is 247 g/mol. The summed E-state index contributed by atoms with van der Waals surface area (Å²) in [5, 5.41) is 12.4. The van der Waals surface area contributed by atoms with Gasteiger partial charge in [0, 0.05) is 12.5 Å². The summed E-state index contributed by atoms with van der Waals surface area (Å²) < 4.78 is 0. The zero-order chi connectivity index (χ0) is 13.1. The number of phenols is 1. The molecule has 1 aliphatic carbocycles. The molecule has 0 bridgehead atoms. The fourth-order valence-electron chi connectivity index (χ4n) is 2.22. The molecular weight excluding hydrogens is 226 g/mol. The van der Waals surface area contributed by atoms with Gasteiger partial charge in [-0.25, -0.2) is 0 Å². The van der Waals surface area contributed by atoms with Crippen molar-refractivity contribution >= 4 is 5.91 Å². The Labute approximate surface area is 108 Å². The van der Waals surface area contributed by atoms with Crippen LogP contribution in [0.4, 0.5) is 0 Å². The lowest BCUT2D eigenvalue weighted by Gasteiger charge is -2.07. The molecule has 0 aromatic heterocycles. The first-order valence-corrected chi connectivity index (χ1v) is 6.64. The second-order valence-electron chi connectivity index (χ2n) is 5.52. The Morgan fingerprint density at radius 3 is 2.94 bits per heavy atom. The van der Waals surface area contributed by atoms with Crippen LogP contribution in [-0.2, 0) is 4.79 Å². The summed E-state index contributed by atoms with van der Waals surface area (Å²) in [6.07, 6.45) is 1.92. The van der Waals surface area contributed by atoms with Crippen LogP contribution in [0.25, 0.3) is 0 Å². The van der Waals surface area contributed by atoms with Crippen LogP contribution in [0.1, 0.15) is 38.2 Å². The summed E-state index contributed by atoms with van der Waals surface area (Å²) in [5.74, 6) is 1.43. The molecule has 18 heavy (non-hydrogen) atoms. The lowest BCUT2D eigenvalue weighted by atomic mass is 10.1. The summed E-state index contributed by atoms with van der Waals surface area (Å²) in [6, 6.07) is 7.22. The zero-order valence-electron chi connectivity index (χ0n) is 11.0. The lowest BCUT2D eigenvalue weighted by Crippen LogP contribution is -2.27. The van der Waals surface area contributed by atoms with Crippen molar-refractivity contribution in [1.82, 2.24) is 5.32 Å². The van der Waals surface area contributed by atoms with Crippen LogP contribution in [0.3, 0.4) is 0 Å². The predicted octanol–water partition coefficient (Wildman–Crippen LogP) is 2.66. The van der Waals surface area contributed by atoms with Crippen LogP contribution >= 0.6 is 0 Å². The molecule has 0 radical (unpaired) electrons. The molecule has 1 saturated carbocycles. The maximum absolute atomic E-state index is 11.9. The largest absolute Gasteiger partial charge is 0.508 e. The Kier molecular flexibility index (Phi) is 3.90. The first kappa shape index (κ1) is 12.9. The van der Waals surface area contributed by atoms with Gasteiger partial charge in [0.25, 0.3) is 0 Å². The van der Waals surface area contributed by atoms with E-state index in [1.54, 1.807) is 12.1 Å². The van der Waals surface area contributed by atoms with Gasteiger partial charge in [0.1, 0.15) is 5.75 Å². The molecule has 1 aromatic rings. The topological polar surface area (TPSA) is 49.3 Å². The summed E-state index contributed by atoms with van der Waals surface area (Å²) in [4.78, 5) is 11.9. The highest BCUT2D eigenvalue weighted by molar-refractivity contribution is 5.82. The summed E-state index contributed by atoms with van der Waals surface area (Å²) in [5.41, 5.74) is 1.07. The van der Waals surface area contributed by atoms with Gasteiger partial charge in [-0.15, -0.1) is 0 Å². The van der Waals surface area contributed by atoms with Crippen molar-refractivity contribution in [1.29, 1.82) is 0 Å². The Bertz CT molecular complexity index is 428. The van der Waals surface area contributed by atoms with E-state index in [4.69, 9.17) is 0 Å². The van der Waals surface area contributed by atoms with E-state index in [1.807, 2.05) is 12.1 Å². The Morgan fingerprint density at radius 2 is 2.28 bits per heavy atom. The van der Waals surface area contributed by atoms with Crippen LogP contribution in [0.5, 0.6) is 5.75 Å². The highest BCUT2D eigenvalue weighted by Gasteiger charge is 2.43. The molecule has 0 aliphatic heterocycles. The van der Waals surface area contributed by atoms with Gasteiger partial charge in [-0.2, -0.15) is 0 Å². The van der Waals surface area contributed by atoms with Gasteiger partial charge in [0.05, 0.1) is 0 Å². The van der Waals surface area contributed by atoms with Crippen molar-refractivity contribution < 1.29 is 9.90 Å². The lowest BCUT2D eigenvalue weighted by molar-refractivity contribution is -0.122. The van der Waals surface area contributed by atoms with Gasteiger partial charge >= 0.3 is 0 Å². The Hall–Kier alpha value is -1.51. The van der Waals surface area contributed by atoms with Gasteiger partial charge in [-0.05, 0) is 42.4 Å². The number of nitrogens with one attached hydrogen (secondary N) is 1. The minimum absolute atomic E-state index is 0.0963. The third-order valence-electron chi connectivity index (χ3n) is 3.45. The van der Waals surface area contributed by atoms with Crippen molar-refractivity contribution in [3.05, 3.63) is 29.8 Å². The summed E-state index contributed by atoms with van der Waals surface area (Å²) >= 11 is 0. The molecule has 2 rings (SSSR count). The number of amides is 1. The second kappa shape index (κ2) is 5.42. The number of rotatable bonds is 5. The van der Waals surface area contributed by atoms with Crippen molar-refractivity contribution in [3.63, 3.8) is 0 Å².